The van der Waals surface area contributed by atoms with Crippen molar-refractivity contribution >= 4 is 38.2 Å². The Morgan fingerprint density at radius 1 is 1.18 bits per heavy atom. The highest BCUT2D eigenvalue weighted by Gasteiger charge is 2.33. The summed E-state index contributed by atoms with van der Waals surface area (Å²) in [5, 5.41) is 3.47. The first-order chi connectivity index (χ1) is 16.3. The molecule has 0 atom stereocenters. The van der Waals surface area contributed by atoms with Crippen LogP contribution in [0.5, 0.6) is 0 Å². The van der Waals surface area contributed by atoms with Gasteiger partial charge in [0.05, 0.1) is 17.9 Å². The fourth-order valence-electron chi connectivity index (χ4n) is 4.59. The first-order valence-electron chi connectivity index (χ1n) is 11.6. The highest BCUT2D eigenvalue weighted by Crippen LogP contribution is 2.39. The van der Waals surface area contributed by atoms with Crippen LogP contribution < -0.4 is 5.32 Å². The zero-order valence-corrected chi connectivity index (χ0v) is 20.8. The molecule has 0 spiro atoms. The number of sulfonamides is 1. The van der Waals surface area contributed by atoms with Crippen LogP contribution >= 0.6 is 11.3 Å². The molecule has 34 heavy (non-hydrogen) atoms. The van der Waals surface area contributed by atoms with E-state index in [0.717, 1.165) is 36.1 Å². The first kappa shape index (κ1) is 24.8. The zero-order valence-electron chi connectivity index (χ0n) is 19.1. The van der Waals surface area contributed by atoms with E-state index in [1.165, 1.54) is 33.8 Å². The van der Waals surface area contributed by atoms with Crippen molar-refractivity contribution in [2.45, 2.75) is 51.2 Å². The van der Waals surface area contributed by atoms with Crippen molar-refractivity contribution in [2.75, 3.05) is 25.0 Å². The number of nitrogens with one attached hydrogen (secondary N) is 1. The number of hydrogen-bond acceptors (Lipinski definition) is 6. The largest absolute Gasteiger partial charge is 0.462 e. The van der Waals surface area contributed by atoms with E-state index in [9.17, 15) is 22.4 Å². The maximum absolute atomic E-state index is 13.9. The van der Waals surface area contributed by atoms with Gasteiger partial charge in [-0.1, -0.05) is 18.2 Å². The number of benzene rings is 1. The number of thiophene rings is 1. The molecule has 1 aromatic carbocycles. The van der Waals surface area contributed by atoms with E-state index in [4.69, 9.17) is 4.74 Å². The van der Waals surface area contributed by atoms with Crippen molar-refractivity contribution < 1.29 is 27.1 Å². The van der Waals surface area contributed by atoms with E-state index < -0.39 is 27.6 Å². The molecule has 0 unspecified atom stereocenters. The smallest absolute Gasteiger partial charge is 0.341 e. The van der Waals surface area contributed by atoms with Gasteiger partial charge in [0.2, 0.25) is 15.9 Å². The number of hydrogen-bond donors (Lipinski definition) is 1. The summed E-state index contributed by atoms with van der Waals surface area (Å²) in [6.07, 6.45) is 4.48. The molecular formula is C24H29FN2O5S2. The minimum Gasteiger partial charge on any atom is -0.462 e. The maximum Gasteiger partial charge on any atom is 0.341 e. The molecule has 1 fully saturated rings. The molecule has 7 nitrogen and oxygen atoms in total. The van der Waals surface area contributed by atoms with Crippen molar-refractivity contribution in [3.05, 3.63) is 51.7 Å². The summed E-state index contributed by atoms with van der Waals surface area (Å²) in [5.74, 6) is -1.94. The summed E-state index contributed by atoms with van der Waals surface area (Å²) >= 11 is 1.44. The fraction of sp³-hybridized carbons (Fsp3) is 0.500. The average Bonchev–Trinajstić information content (AvgIpc) is 3.18. The third kappa shape index (κ3) is 5.34. The highest BCUT2D eigenvalue weighted by molar-refractivity contribution is 7.88. The van der Waals surface area contributed by atoms with Gasteiger partial charge < -0.3 is 10.1 Å². The molecule has 0 saturated carbocycles. The Kier molecular flexibility index (Phi) is 7.69. The van der Waals surface area contributed by atoms with Gasteiger partial charge in [0, 0.05) is 29.4 Å². The molecule has 0 bridgehead atoms. The number of fused-ring (bicyclic) bond motifs is 1. The van der Waals surface area contributed by atoms with Crippen LogP contribution in [-0.2, 0) is 38.1 Å². The van der Waals surface area contributed by atoms with Crippen LogP contribution in [0.3, 0.4) is 0 Å². The van der Waals surface area contributed by atoms with Crippen LogP contribution in [0.1, 0.15) is 59.0 Å². The molecular weight excluding hydrogens is 479 g/mol. The summed E-state index contributed by atoms with van der Waals surface area (Å²) in [6, 6.07) is 5.84. The number of nitrogens with zero attached hydrogens (tertiary/aromatic N) is 1. The van der Waals surface area contributed by atoms with Crippen molar-refractivity contribution in [2.24, 2.45) is 5.92 Å². The van der Waals surface area contributed by atoms with Crippen molar-refractivity contribution in [1.29, 1.82) is 0 Å². The minimum atomic E-state index is -3.69. The fourth-order valence-corrected chi connectivity index (χ4v) is 7.44. The maximum atomic E-state index is 13.9. The van der Waals surface area contributed by atoms with Crippen LogP contribution in [0.15, 0.2) is 24.3 Å². The number of rotatable bonds is 7. The molecule has 2 aromatic rings. The lowest BCUT2D eigenvalue weighted by Gasteiger charge is -2.30. The number of anilines is 1. The van der Waals surface area contributed by atoms with Crippen LogP contribution in [-0.4, -0.2) is 44.3 Å². The quantitative estimate of drug-likeness (QED) is 0.568. The molecule has 1 aliphatic heterocycles. The molecule has 1 N–H and O–H groups in total. The summed E-state index contributed by atoms with van der Waals surface area (Å²) in [4.78, 5) is 26.8. The van der Waals surface area contributed by atoms with Crippen molar-refractivity contribution in [3.63, 3.8) is 0 Å². The van der Waals surface area contributed by atoms with Gasteiger partial charge in [0.15, 0.2) is 0 Å². The summed E-state index contributed by atoms with van der Waals surface area (Å²) in [7, 11) is -3.69. The number of carbonyl (C=O) groups is 2. The number of esters is 1. The number of carbonyl (C=O) groups excluding carboxylic acids is 2. The number of piperidine rings is 1. The van der Waals surface area contributed by atoms with E-state index in [1.54, 1.807) is 13.0 Å². The summed E-state index contributed by atoms with van der Waals surface area (Å²) < 4.78 is 46.0. The average molecular weight is 509 g/mol. The predicted octanol–water partition coefficient (Wildman–Crippen LogP) is 4.12. The van der Waals surface area contributed by atoms with Crippen LogP contribution in [0.25, 0.3) is 0 Å². The van der Waals surface area contributed by atoms with Gasteiger partial charge in [0.25, 0.3) is 0 Å². The van der Waals surface area contributed by atoms with Gasteiger partial charge >= 0.3 is 5.97 Å². The second-order valence-electron chi connectivity index (χ2n) is 8.65. The van der Waals surface area contributed by atoms with Gasteiger partial charge in [-0.2, -0.15) is 0 Å². The van der Waals surface area contributed by atoms with E-state index in [2.05, 4.69) is 5.32 Å². The van der Waals surface area contributed by atoms with Crippen molar-refractivity contribution in [3.8, 4) is 0 Å². The minimum absolute atomic E-state index is 0.135. The Balaban J connectivity index is 1.41. The Morgan fingerprint density at radius 3 is 2.59 bits per heavy atom. The lowest BCUT2D eigenvalue weighted by molar-refractivity contribution is -0.120. The Labute approximate surface area is 203 Å². The van der Waals surface area contributed by atoms with Gasteiger partial charge in [0.1, 0.15) is 10.8 Å². The molecule has 2 heterocycles. The molecule has 10 heteroatoms. The number of amides is 1. The predicted molar refractivity (Wildman–Crippen MR) is 129 cm³/mol. The third-order valence-electron chi connectivity index (χ3n) is 6.40. The zero-order chi connectivity index (χ0) is 24.3. The Hall–Kier alpha value is -2.30. The summed E-state index contributed by atoms with van der Waals surface area (Å²) in [6.45, 7) is 2.40. The lowest BCUT2D eigenvalue weighted by Crippen LogP contribution is -2.42. The van der Waals surface area contributed by atoms with E-state index in [-0.39, 0.29) is 37.1 Å². The van der Waals surface area contributed by atoms with Gasteiger partial charge in [-0.05, 0) is 57.1 Å². The summed E-state index contributed by atoms with van der Waals surface area (Å²) in [5.41, 5.74) is 1.59. The lowest BCUT2D eigenvalue weighted by atomic mass is 9.95. The first-order valence-corrected chi connectivity index (χ1v) is 14.1. The van der Waals surface area contributed by atoms with Gasteiger partial charge in [-0.3, -0.25) is 4.79 Å². The topological polar surface area (TPSA) is 92.8 Å². The second-order valence-corrected chi connectivity index (χ2v) is 11.7. The Morgan fingerprint density at radius 2 is 1.88 bits per heavy atom. The van der Waals surface area contributed by atoms with E-state index in [0.29, 0.717) is 23.4 Å². The van der Waals surface area contributed by atoms with E-state index >= 15 is 0 Å². The van der Waals surface area contributed by atoms with Gasteiger partial charge in [-0.25, -0.2) is 21.9 Å². The number of aryl methyl sites for hydroxylation is 1. The molecule has 2 aliphatic rings. The third-order valence-corrected chi connectivity index (χ3v) is 9.44. The number of halogens is 1. The molecule has 1 saturated heterocycles. The normalized spacial score (nSPS) is 17.2. The molecule has 1 aliphatic carbocycles. The Bertz CT molecular complexity index is 1170. The highest BCUT2D eigenvalue weighted by atomic mass is 32.2. The molecule has 184 valence electrons. The molecule has 4 rings (SSSR count). The van der Waals surface area contributed by atoms with Gasteiger partial charge in [-0.15, -0.1) is 11.3 Å². The monoisotopic (exact) mass is 508 g/mol. The van der Waals surface area contributed by atoms with Crippen LogP contribution in [0, 0.1) is 11.7 Å². The SMILES string of the molecule is CCOC(=O)c1c(NC(=O)C2CCN(S(=O)(=O)Cc3ccccc3F)CC2)sc2c1CCCC2. The van der Waals surface area contributed by atoms with Crippen molar-refractivity contribution in [1.82, 2.24) is 4.31 Å². The van der Waals surface area contributed by atoms with Crippen LogP contribution in [0.4, 0.5) is 9.39 Å². The number of ether oxygens (including phenoxy) is 1. The van der Waals surface area contributed by atoms with E-state index in [1.807, 2.05) is 0 Å². The second kappa shape index (κ2) is 10.5. The molecule has 0 radical (unpaired) electrons. The standard InChI is InChI=1S/C24H29FN2O5S2/c1-2-32-24(29)21-18-8-4-6-10-20(18)33-23(21)26-22(28)16-11-13-27(14-12-16)34(30,31)15-17-7-3-5-9-19(17)25/h3,5,7,9,16H,2,4,6,8,10-15H2,1H3,(H,26,28). The molecule has 1 aromatic heterocycles. The van der Waals surface area contributed by atoms with Crippen LogP contribution in [0.2, 0.25) is 0 Å². The molecule has 1 amide bonds.